The lowest BCUT2D eigenvalue weighted by molar-refractivity contribution is -0.143. The minimum atomic E-state index is -3.75. The van der Waals surface area contributed by atoms with Gasteiger partial charge >= 0.3 is 5.97 Å². The first-order valence-corrected chi connectivity index (χ1v) is 7.41. The molecule has 0 spiro atoms. The van der Waals surface area contributed by atoms with E-state index in [9.17, 15) is 13.2 Å². The highest BCUT2D eigenvalue weighted by Crippen LogP contribution is 2.12. The lowest BCUT2D eigenvalue weighted by atomic mass is 10.2. The molecule has 2 N–H and O–H groups in total. The molecule has 0 bridgehead atoms. The Kier molecular flexibility index (Phi) is 6.00. The first kappa shape index (κ1) is 15.4. The Morgan fingerprint density at radius 3 is 2.33 bits per heavy atom. The van der Waals surface area contributed by atoms with Crippen molar-refractivity contribution in [3.05, 3.63) is 0 Å². The minimum Gasteiger partial charge on any atom is -0.468 e. The fraction of sp³-hybridized carbons (Fsp3) is 0.900. The number of nitrogens with one attached hydrogen (secondary N) is 1. The number of carbonyl (C=O) groups excluding carboxylic acids is 1. The van der Waals surface area contributed by atoms with Gasteiger partial charge in [0.05, 0.1) is 13.7 Å². The van der Waals surface area contributed by atoms with E-state index in [-0.39, 0.29) is 0 Å². The van der Waals surface area contributed by atoms with Crippen LogP contribution >= 0.6 is 0 Å². The summed E-state index contributed by atoms with van der Waals surface area (Å²) in [5, 5.41) is 9.00. The van der Waals surface area contributed by atoms with Crippen molar-refractivity contribution in [2.75, 3.05) is 26.8 Å². The van der Waals surface area contributed by atoms with Gasteiger partial charge in [0.25, 0.3) is 10.2 Å². The summed E-state index contributed by atoms with van der Waals surface area (Å²) in [7, 11) is -2.61. The van der Waals surface area contributed by atoms with Crippen LogP contribution in [0.2, 0.25) is 0 Å². The van der Waals surface area contributed by atoms with Crippen LogP contribution in [0, 0.1) is 0 Å². The van der Waals surface area contributed by atoms with E-state index in [0.29, 0.717) is 13.1 Å². The van der Waals surface area contributed by atoms with Crippen molar-refractivity contribution in [1.82, 2.24) is 9.03 Å². The van der Waals surface area contributed by atoms with Crippen molar-refractivity contribution in [3.63, 3.8) is 0 Å². The molecule has 8 heteroatoms. The number of aliphatic hydroxyl groups excluding tert-OH is 1. The van der Waals surface area contributed by atoms with E-state index in [2.05, 4.69) is 9.46 Å². The molecule has 0 aliphatic carbocycles. The molecule has 1 fully saturated rings. The van der Waals surface area contributed by atoms with E-state index in [4.69, 9.17) is 5.11 Å². The maximum atomic E-state index is 12.0. The number of aliphatic hydroxyl groups is 1. The third kappa shape index (κ3) is 4.20. The molecule has 1 saturated heterocycles. The predicted molar refractivity (Wildman–Crippen MR) is 65.0 cm³/mol. The molecule has 0 aromatic carbocycles. The van der Waals surface area contributed by atoms with Crippen LogP contribution in [-0.2, 0) is 19.7 Å². The second-order valence-electron chi connectivity index (χ2n) is 4.19. The highest BCUT2D eigenvalue weighted by molar-refractivity contribution is 7.87. The number of methoxy groups -OCH3 is 1. The molecule has 1 rings (SSSR count). The smallest absolute Gasteiger partial charge is 0.326 e. The average molecular weight is 280 g/mol. The molecule has 1 unspecified atom stereocenters. The van der Waals surface area contributed by atoms with Crippen LogP contribution in [0.25, 0.3) is 0 Å². The number of hydrogen-bond acceptors (Lipinski definition) is 5. The van der Waals surface area contributed by atoms with E-state index >= 15 is 0 Å². The lowest BCUT2D eigenvalue weighted by Gasteiger charge is -2.22. The van der Waals surface area contributed by atoms with Gasteiger partial charge in [-0.25, -0.2) is 0 Å². The Morgan fingerprint density at radius 2 is 1.89 bits per heavy atom. The van der Waals surface area contributed by atoms with Crippen LogP contribution < -0.4 is 4.72 Å². The second-order valence-corrected chi connectivity index (χ2v) is 5.90. The number of hydrogen-bond donors (Lipinski definition) is 2. The average Bonchev–Trinajstić information content (AvgIpc) is 2.64. The van der Waals surface area contributed by atoms with Gasteiger partial charge in [-0.1, -0.05) is 12.8 Å². The van der Waals surface area contributed by atoms with Crippen LogP contribution in [-0.4, -0.2) is 56.6 Å². The molecule has 1 aliphatic heterocycles. The van der Waals surface area contributed by atoms with Gasteiger partial charge in [0.1, 0.15) is 6.04 Å². The summed E-state index contributed by atoms with van der Waals surface area (Å²) in [4.78, 5) is 11.2. The van der Waals surface area contributed by atoms with E-state index in [0.717, 1.165) is 32.8 Å². The summed E-state index contributed by atoms with van der Waals surface area (Å²) in [6.07, 6.45) is 3.63. The van der Waals surface area contributed by atoms with Gasteiger partial charge in [-0.3, -0.25) is 4.79 Å². The van der Waals surface area contributed by atoms with Gasteiger partial charge in [-0.2, -0.15) is 17.4 Å². The molecule has 0 amide bonds. The van der Waals surface area contributed by atoms with Crippen molar-refractivity contribution < 1.29 is 23.1 Å². The molecule has 0 aromatic rings. The molecule has 18 heavy (non-hydrogen) atoms. The summed E-state index contributed by atoms with van der Waals surface area (Å²) in [5.41, 5.74) is 0. The Labute approximate surface area is 107 Å². The maximum Gasteiger partial charge on any atom is 0.326 e. The number of esters is 1. The maximum absolute atomic E-state index is 12.0. The normalized spacial score (nSPS) is 20.1. The first-order valence-electron chi connectivity index (χ1n) is 5.97. The van der Waals surface area contributed by atoms with Gasteiger partial charge < -0.3 is 9.84 Å². The molecule has 106 valence electrons. The summed E-state index contributed by atoms with van der Waals surface area (Å²) < 4.78 is 31.9. The van der Waals surface area contributed by atoms with Crippen molar-refractivity contribution in [1.29, 1.82) is 0 Å². The zero-order chi connectivity index (χ0) is 13.6. The Morgan fingerprint density at radius 1 is 1.33 bits per heavy atom. The predicted octanol–water partition coefficient (Wildman–Crippen LogP) is -0.769. The fourth-order valence-corrected chi connectivity index (χ4v) is 3.26. The van der Waals surface area contributed by atoms with E-state index in [1.54, 1.807) is 0 Å². The van der Waals surface area contributed by atoms with Crippen molar-refractivity contribution in [2.24, 2.45) is 0 Å². The molecule has 0 saturated carbocycles. The van der Waals surface area contributed by atoms with Gasteiger partial charge in [0, 0.05) is 13.1 Å². The highest BCUT2D eigenvalue weighted by Gasteiger charge is 2.29. The molecule has 1 atom stereocenters. The Balaban J connectivity index is 2.69. The zero-order valence-electron chi connectivity index (χ0n) is 10.5. The van der Waals surface area contributed by atoms with Crippen molar-refractivity contribution >= 4 is 16.2 Å². The van der Waals surface area contributed by atoms with Gasteiger partial charge in [-0.15, -0.1) is 0 Å². The van der Waals surface area contributed by atoms with Gasteiger partial charge in [0.15, 0.2) is 0 Å². The number of rotatable bonds is 5. The number of carbonyl (C=O) groups is 1. The molecule has 1 aliphatic rings. The van der Waals surface area contributed by atoms with Crippen LogP contribution in [0.4, 0.5) is 0 Å². The third-order valence-corrected chi connectivity index (χ3v) is 4.49. The number of ether oxygens (including phenoxy) is 1. The third-order valence-electron chi connectivity index (χ3n) is 2.86. The van der Waals surface area contributed by atoms with Crippen molar-refractivity contribution in [2.45, 2.75) is 31.7 Å². The van der Waals surface area contributed by atoms with E-state index in [1.807, 2.05) is 0 Å². The van der Waals surface area contributed by atoms with E-state index in [1.165, 1.54) is 4.31 Å². The number of nitrogens with zero attached hydrogens (tertiary/aromatic N) is 1. The summed E-state index contributed by atoms with van der Waals surface area (Å²) in [6, 6.07) is -1.25. The first-order chi connectivity index (χ1) is 8.51. The van der Waals surface area contributed by atoms with Gasteiger partial charge in [0.2, 0.25) is 0 Å². The summed E-state index contributed by atoms with van der Waals surface area (Å²) >= 11 is 0. The Bertz CT molecular complexity index is 362. The standard InChI is InChI=1S/C10H20N2O5S/c1-17-10(14)9(8-13)11-18(15,16)12-6-4-2-3-5-7-12/h9,11,13H,2-8H2,1H3. The lowest BCUT2D eigenvalue weighted by Crippen LogP contribution is -2.50. The molecule has 1 heterocycles. The topological polar surface area (TPSA) is 95.9 Å². The van der Waals surface area contributed by atoms with E-state index < -0.39 is 28.8 Å². The fourth-order valence-electron chi connectivity index (χ4n) is 1.84. The molecular formula is C10H20N2O5S. The van der Waals surface area contributed by atoms with Crippen LogP contribution in [0.3, 0.4) is 0 Å². The molecule has 0 radical (unpaired) electrons. The minimum absolute atomic E-state index is 0.439. The molecule has 0 aromatic heterocycles. The van der Waals surface area contributed by atoms with Crippen LogP contribution in [0.5, 0.6) is 0 Å². The van der Waals surface area contributed by atoms with Gasteiger partial charge in [-0.05, 0) is 12.8 Å². The monoisotopic (exact) mass is 280 g/mol. The zero-order valence-corrected chi connectivity index (χ0v) is 11.3. The summed E-state index contributed by atoms with van der Waals surface area (Å²) in [5.74, 6) is -0.795. The largest absolute Gasteiger partial charge is 0.468 e. The van der Waals surface area contributed by atoms with Crippen molar-refractivity contribution in [3.8, 4) is 0 Å². The highest BCUT2D eigenvalue weighted by atomic mass is 32.2. The molecule has 7 nitrogen and oxygen atoms in total. The SMILES string of the molecule is COC(=O)C(CO)NS(=O)(=O)N1CCCCCC1. The van der Waals surface area contributed by atoms with Crippen LogP contribution in [0.1, 0.15) is 25.7 Å². The van der Waals surface area contributed by atoms with Crippen LogP contribution in [0.15, 0.2) is 0 Å². The summed E-state index contributed by atoms with van der Waals surface area (Å²) in [6.45, 7) is 0.253. The molecular weight excluding hydrogens is 260 g/mol. The quantitative estimate of drug-likeness (QED) is 0.645. The Hall–Kier alpha value is -0.700. The second kappa shape index (κ2) is 7.03.